The van der Waals surface area contributed by atoms with Crippen LogP contribution in [0.4, 0.5) is 0 Å². The highest BCUT2D eigenvalue weighted by atomic mass is 17.2. The van der Waals surface area contributed by atoms with E-state index in [4.69, 9.17) is 9.78 Å². The minimum absolute atomic E-state index is 0.111. The lowest BCUT2D eigenvalue weighted by molar-refractivity contribution is -0.322. The molecule has 2 aliphatic carbocycles. The van der Waals surface area contributed by atoms with Crippen LogP contribution in [0, 0.1) is 0 Å². The zero-order chi connectivity index (χ0) is 14.2. The molecule has 0 aromatic heterocycles. The third-order valence-electron chi connectivity index (χ3n) is 3.79. The molecule has 0 aromatic rings. The molecule has 2 fully saturated rings. The summed E-state index contributed by atoms with van der Waals surface area (Å²) >= 11 is 0. The second-order valence-corrected chi connectivity index (χ2v) is 5.45. The summed E-state index contributed by atoms with van der Waals surface area (Å²) in [5, 5.41) is 0. The molecule has 0 amide bonds. The highest BCUT2D eigenvalue weighted by molar-refractivity contribution is 6.29. The van der Waals surface area contributed by atoms with Gasteiger partial charge in [0.25, 0.3) is 0 Å². The summed E-state index contributed by atoms with van der Waals surface area (Å²) < 4.78 is 0. The Balaban J connectivity index is 1.59. The Labute approximate surface area is 118 Å². The lowest BCUT2D eigenvalue weighted by atomic mass is 9.98. The summed E-state index contributed by atoms with van der Waals surface area (Å²) in [7, 11) is 0. The van der Waals surface area contributed by atoms with Crippen molar-refractivity contribution in [2.24, 2.45) is 0 Å². The fourth-order valence-corrected chi connectivity index (χ4v) is 2.61. The molecule has 0 unspecified atom stereocenters. The minimum atomic E-state index is -1.16. The van der Waals surface area contributed by atoms with E-state index in [9.17, 15) is 9.59 Å². The summed E-state index contributed by atoms with van der Waals surface area (Å²) in [5.74, 6) is -2.32. The molecular weight excluding hydrogens is 264 g/mol. The van der Waals surface area contributed by atoms with Crippen molar-refractivity contribution in [2.45, 2.75) is 76.4 Å². The first kappa shape index (κ1) is 15.3. The van der Waals surface area contributed by atoms with Crippen LogP contribution in [0.3, 0.4) is 0 Å². The van der Waals surface area contributed by atoms with E-state index < -0.39 is 11.9 Å². The molecule has 0 atom stereocenters. The van der Waals surface area contributed by atoms with Gasteiger partial charge >= 0.3 is 11.9 Å². The fourth-order valence-electron chi connectivity index (χ4n) is 2.61. The molecule has 0 saturated heterocycles. The van der Waals surface area contributed by atoms with Crippen molar-refractivity contribution in [2.75, 3.05) is 0 Å². The maximum Gasteiger partial charge on any atom is 0.453 e. The molecule has 2 saturated carbocycles. The Bertz CT molecular complexity index is 286. The van der Waals surface area contributed by atoms with E-state index in [2.05, 4.69) is 9.78 Å². The molecular formula is C14H22O6. The predicted molar refractivity (Wildman–Crippen MR) is 68.1 cm³/mol. The van der Waals surface area contributed by atoms with Crippen LogP contribution in [0.5, 0.6) is 0 Å². The van der Waals surface area contributed by atoms with Crippen LogP contribution in [0.1, 0.15) is 64.2 Å². The van der Waals surface area contributed by atoms with E-state index in [0.29, 0.717) is 0 Å². The van der Waals surface area contributed by atoms with Crippen LogP contribution < -0.4 is 0 Å². The molecule has 6 heteroatoms. The molecule has 114 valence electrons. The monoisotopic (exact) mass is 286 g/mol. The third kappa shape index (κ3) is 5.09. The van der Waals surface area contributed by atoms with Crippen LogP contribution in [0.15, 0.2) is 0 Å². The van der Waals surface area contributed by atoms with Crippen LogP contribution in [-0.4, -0.2) is 24.1 Å². The second kappa shape index (κ2) is 8.21. The van der Waals surface area contributed by atoms with E-state index in [1.165, 1.54) is 12.8 Å². The summed E-state index contributed by atoms with van der Waals surface area (Å²) in [5.41, 5.74) is 0. The summed E-state index contributed by atoms with van der Waals surface area (Å²) in [6, 6.07) is 0. The van der Waals surface area contributed by atoms with E-state index in [0.717, 1.165) is 51.4 Å². The molecule has 0 bridgehead atoms. The summed E-state index contributed by atoms with van der Waals surface area (Å²) in [6.07, 6.45) is 9.73. The molecule has 20 heavy (non-hydrogen) atoms. The molecule has 0 heterocycles. The van der Waals surface area contributed by atoms with E-state index in [-0.39, 0.29) is 12.2 Å². The molecule has 0 aliphatic heterocycles. The molecule has 6 nitrogen and oxygen atoms in total. The van der Waals surface area contributed by atoms with E-state index >= 15 is 0 Å². The number of carbonyl (C=O) groups excluding carboxylic acids is 2. The Hall–Kier alpha value is -1.14. The maximum absolute atomic E-state index is 11.4. The van der Waals surface area contributed by atoms with Gasteiger partial charge in [0.15, 0.2) is 0 Å². The molecule has 0 N–H and O–H groups in total. The van der Waals surface area contributed by atoms with Gasteiger partial charge in [-0.15, -0.1) is 0 Å². The minimum Gasteiger partial charge on any atom is -0.285 e. The molecule has 2 rings (SSSR count). The van der Waals surface area contributed by atoms with Gasteiger partial charge in [0.2, 0.25) is 0 Å². The van der Waals surface area contributed by atoms with Gasteiger partial charge in [0, 0.05) is 0 Å². The quantitative estimate of drug-likeness (QED) is 0.449. The molecule has 2 aliphatic rings. The topological polar surface area (TPSA) is 71.1 Å². The number of hydrogen-bond donors (Lipinski definition) is 0. The largest absolute Gasteiger partial charge is 0.453 e. The molecule has 0 radical (unpaired) electrons. The predicted octanol–water partition coefficient (Wildman–Crippen LogP) is 2.60. The number of hydrogen-bond acceptors (Lipinski definition) is 6. The maximum atomic E-state index is 11.4. The number of rotatable bonds is 4. The zero-order valence-corrected chi connectivity index (χ0v) is 11.7. The summed E-state index contributed by atoms with van der Waals surface area (Å²) in [6.45, 7) is 0. The Morgan fingerprint density at radius 1 is 0.600 bits per heavy atom. The van der Waals surface area contributed by atoms with Crippen molar-refractivity contribution >= 4 is 11.9 Å². The van der Waals surface area contributed by atoms with E-state index in [1.54, 1.807) is 0 Å². The zero-order valence-electron chi connectivity index (χ0n) is 11.7. The normalized spacial score (nSPS) is 21.4. The van der Waals surface area contributed by atoms with E-state index in [1.807, 2.05) is 0 Å². The number of carbonyl (C=O) groups is 2. The first-order valence-electron chi connectivity index (χ1n) is 7.50. The van der Waals surface area contributed by atoms with Gasteiger partial charge in [-0.05, 0) is 25.7 Å². The molecule has 0 aromatic carbocycles. The lowest BCUT2D eigenvalue weighted by Crippen LogP contribution is -2.27. The van der Waals surface area contributed by atoms with Gasteiger partial charge in [0.05, 0.1) is 0 Å². The lowest BCUT2D eigenvalue weighted by Gasteiger charge is -2.20. The third-order valence-corrected chi connectivity index (χ3v) is 3.79. The summed E-state index contributed by atoms with van der Waals surface area (Å²) in [4.78, 5) is 41.6. The van der Waals surface area contributed by atoms with Crippen molar-refractivity contribution < 1.29 is 29.1 Å². The second-order valence-electron chi connectivity index (χ2n) is 5.45. The van der Waals surface area contributed by atoms with Gasteiger partial charge in [-0.3, -0.25) is 9.78 Å². The Morgan fingerprint density at radius 2 is 0.950 bits per heavy atom. The van der Waals surface area contributed by atoms with Crippen molar-refractivity contribution in [1.29, 1.82) is 0 Å². The van der Waals surface area contributed by atoms with Crippen molar-refractivity contribution in [3.8, 4) is 0 Å². The fraction of sp³-hybridized carbons (Fsp3) is 0.857. The van der Waals surface area contributed by atoms with Crippen LogP contribution in [0.25, 0.3) is 0 Å². The standard InChI is InChI=1S/C14H22O6/c15-13(19-17-11-7-3-1-4-8-11)14(16)20-18-12-9-5-2-6-10-12/h11-12H,1-10H2. The average Bonchev–Trinajstić information content (AvgIpc) is 2.52. The van der Waals surface area contributed by atoms with Crippen LogP contribution >= 0.6 is 0 Å². The van der Waals surface area contributed by atoms with Crippen molar-refractivity contribution in [3.63, 3.8) is 0 Å². The first-order chi connectivity index (χ1) is 9.75. The SMILES string of the molecule is O=C(OOC1CCCCC1)C(=O)OOC1CCCCC1. The van der Waals surface area contributed by atoms with Crippen molar-refractivity contribution in [1.82, 2.24) is 0 Å². The highest BCUT2D eigenvalue weighted by Gasteiger charge is 2.25. The Kier molecular flexibility index (Phi) is 6.26. The van der Waals surface area contributed by atoms with Gasteiger partial charge in [-0.25, -0.2) is 9.59 Å². The average molecular weight is 286 g/mol. The van der Waals surface area contributed by atoms with Crippen molar-refractivity contribution in [3.05, 3.63) is 0 Å². The van der Waals surface area contributed by atoms with Gasteiger partial charge < -0.3 is 0 Å². The van der Waals surface area contributed by atoms with Crippen LogP contribution in [-0.2, 0) is 29.1 Å². The molecule has 0 spiro atoms. The Morgan fingerprint density at radius 3 is 1.30 bits per heavy atom. The van der Waals surface area contributed by atoms with Gasteiger partial charge in [-0.2, -0.15) is 9.78 Å². The highest BCUT2D eigenvalue weighted by Crippen LogP contribution is 2.21. The van der Waals surface area contributed by atoms with Crippen LogP contribution in [0.2, 0.25) is 0 Å². The first-order valence-corrected chi connectivity index (χ1v) is 7.50. The van der Waals surface area contributed by atoms with Gasteiger partial charge in [-0.1, -0.05) is 38.5 Å². The van der Waals surface area contributed by atoms with Gasteiger partial charge in [0.1, 0.15) is 12.2 Å². The smallest absolute Gasteiger partial charge is 0.285 e.